The molecule has 0 aromatic carbocycles. The van der Waals surface area contributed by atoms with Crippen LogP contribution in [0.25, 0.3) is 0 Å². The Morgan fingerprint density at radius 2 is 2.13 bits per heavy atom. The molecule has 6 heteroatoms. The van der Waals surface area contributed by atoms with Crippen LogP contribution in [0.15, 0.2) is 0 Å². The zero-order valence-corrected chi connectivity index (χ0v) is 9.93. The van der Waals surface area contributed by atoms with E-state index in [9.17, 15) is 9.59 Å². The molecule has 0 aromatic rings. The molecule has 15 heavy (non-hydrogen) atoms. The molecule has 1 atom stereocenters. The maximum absolute atomic E-state index is 10.9. The monoisotopic (exact) mass is 234 g/mol. The number of esters is 1. The summed E-state index contributed by atoms with van der Waals surface area (Å²) in [5, 5.41) is 2.54. The van der Waals surface area contributed by atoms with Crippen LogP contribution >= 0.6 is 11.8 Å². The second-order valence-electron chi connectivity index (χ2n) is 2.95. The molecule has 0 fully saturated rings. The maximum atomic E-state index is 10.9. The lowest BCUT2D eigenvalue weighted by atomic mass is 10.2. The minimum Gasteiger partial charge on any atom is -0.468 e. The summed E-state index contributed by atoms with van der Waals surface area (Å²) in [5.41, 5.74) is 5.53. The van der Waals surface area contributed by atoms with Crippen molar-refractivity contribution in [3.8, 4) is 0 Å². The largest absolute Gasteiger partial charge is 0.468 e. The molecular formula is C9H18N2O3S. The second kappa shape index (κ2) is 8.55. The van der Waals surface area contributed by atoms with Crippen LogP contribution in [0, 0.1) is 0 Å². The Hall–Kier alpha value is -0.750. The van der Waals surface area contributed by atoms with Crippen molar-refractivity contribution in [2.24, 2.45) is 5.73 Å². The average Bonchev–Trinajstić information content (AvgIpc) is 2.26. The van der Waals surface area contributed by atoms with Gasteiger partial charge < -0.3 is 15.8 Å². The van der Waals surface area contributed by atoms with E-state index in [2.05, 4.69) is 10.1 Å². The zero-order valence-electron chi connectivity index (χ0n) is 9.12. The lowest BCUT2D eigenvalue weighted by molar-refractivity contribution is -0.142. The normalized spacial score (nSPS) is 11.9. The van der Waals surface area contributed by atoms with Crippen LogP contribution in [0.5, 0.6) is 0 Å². The van der Waals surface area contributed by atoms with Crippen molar-refractivity contribution < 1.29 is 14.3 Å². The summed E-state index contributed by atoms with van der Waals surface area (Å²) in [4.78, 5) is 21.7. The molecule has 1 amide bonds. The maximum Gasteiger partial charge on any atom is 0.322 e. The van der Waals surface area contributed by atoms with Crippen molar-refractivity contribution in [2.75, 3.05) is 25.7 Å². The molecule has 0 aromatic heterocycles. The van der Waals surface area contributed by atoms with Crippen molar-refractivity contribution in [2.45, 2.75) is 18.9 Å². The van der Waals surface area contributed by atoms with Crippen molar-refractivity contribution >= 4 is 23.6 Å². The number of methoxy groups -OCH3 is 1. The van der Waals surface area contributed by atoms with Crippen molar-refractivity contribution in [3.63, 3.8) is 0 Å². The van der Waals surface area contributed by atoms with Gasteiger partial charge in [0.15, 0.2) is 0 Å². The molecule has 0 aliphatic rings. The topological polar surface area (TPSA) is 81.4 Å². The minimum absolute atomic E-state index is 0.0276. The van der Waals surface area contributed by atoms with Gasteiger partial charge in [0.2, 0.25) is 5.91 Å². The SMILES string of the molecule is CNC(=O)CCSCCC(N)C(=O)OC. The van der Waals surface area contributed by atoms with Crippen LogP contribution in [0.1, 0.15) is 12.8 Å². The van der Waals surface area contributed by atoms with Gasteiger partial charge in [0.05, 0.1) is 7.11 Å². The van der Waals surface area contributed by atoms with E-state index in [0.29, 0.717) is 12.8 Å². The highest BCUT2D eigenvalue weighted by Crippen LogP contribution is 2.06. The lowest BCUT2D eigenvalue weighted by Crippen LogP contribution is -2.32. The van der Waals surface area contributed by atoms with E-state index in [1.165, 1.54) is 7.11 Å². The molecule has 0 aliphatic carbocycles. The molecule has 88 valence electrons. The van der Waals surface area contributed by atoms with Gasteiger partial charge in [-0.1, -0.05) is 0 Å². The van der Waals surface area contributed by atoms with Crippen LogP contribution in [-0.4, -0.2) is 43.6 Å². The van der Waals surface area contributed by atoms with Crippen LogP contribution in [0.4, 0.5) is 0 Å². The summed E-state index contributed by atoms with van der Waals surface area (Å²) < 4.78 is 4.49. The number of nitrogens with one attached hydrogen (secondary N) is 1. The fourth-order valence-electron chi connectivity index (χ4n) is 0.871. The van der Waals surface area contributed by atoms with Crippen LogP contribution in [0.3, 0.4) is 0 Å². The first-order chi connectivity index (χ1) is 7.11. The highest BCUT2D eigenvalue weighted by Gasteiger charge is 2.12. The Kier molecular flexibility index (Phi) is 8.12. The van der Waals surface area contributed by atoms with Gasteiger partial charge in [0, 0.05) is 19.2 Å². The lowest BCUT2D eigenvalue weighted by Gasteiger charge is -2.08. The number of ether oxygens (including phenoxy) is 1. The predicted octanol–water partition coefficient (Wildman–Crippen LogP) is -0.254. The third kappa shape index (κ3) is 7.21. The van der Waals surface area contributed by atoms with Gasteiger partial charge >= 0.3 is 5.97 Å². The predicted molar refractivity (Wildman–Crippen MR) is 60.6 cm³/mol. The van der Waals surface area contributed by atoms with Gasteiger partial charge in [0.25, 0.3) is 0 Å². The summed E-state index contributed by atoms with van der Waals surface area (Å²) in [6.45, 7) is 0. The first-order valence-corrected chi connectivity index (χ1v) is 5.89. The molecule has 0 heterocycles. The van der Waals surface area contributed by atoms with E-state index >= 15 is 0 Å². The van der Waals surface area contributed by atoms with E-state index in [-0.39, 0.29) is 11.9 Å². The molecule has 0 saturated heterocycles. The van der Waals surface area contributed by atoms with E-state index in [1.807, 2.05) is 0 Å². The second-order valence-corrected chi connectivity index (χ2v) is 4.18. The number of rotatable bonds is 7. The number of amides is 1. The fourth-order valence-corrected chi connectivity index (χ4v) is 1.83. The number of carbonyl (C=O) groups is 2. The zero-order chi connectivity index (χ0) is 11.7. The Labute approximate surface area is 94.1 Å². The first-order valence-electron chi connectivity index (χ1n) is 4.73. The van der Waals surface area contributed by atoms with Gasteiger partial charge in [-0.2, -0.15) is 11.8 Å². The molecule has 0 rings (SSSR count). The number of hydrogen-bond acceptors (Lipinski definition) is 5. The minimum atomic E-state index is -0.553. The van der Waals surface area contributed by atoms with E-state index in [0.717, 1.165) is 11.5 Å². The van der Waals surface area contributed by atoms with Gasteiger partial charge in [-0.3, -0.25) is 9.59 Å². The average molecular weight is 234 g/mol. The van der Waals surface area contributed by atoms with Gasteiger partial charge in [-0.25, -0.2) is 0 Å². The molecular weight excluding hydrogens is 216 g/mol. The van der Waals surface area contributed by atoms with E-state index in [1.54, 1.807) is 18.8 Å². The number of thioether (sulfide) groups is 1. The molecule has 0 radical (unpaired) electrons. The number of hydrogen-bond donors (Lipinski definition) is 2. The van der Waals surface area contributed by atoms with Crippen LogP contribution in [0.2, 0.25) is 0 Å². The van der Waals surface area contributed by atoms with Crippen LogP contribution in [-0.2, 0) is 14.3 Å². The fraction of sp³-hybridized carbons (Fsp3) is 0.778. The Morgan fingerprint density at radius 1 is 1.47 bits per heavy atom. The van der Waals surface area contributed by atoms with Crippen molar-refractivity contribution in [1.29, 1.82) is 0 Å². The summed E-state index contributed by atoms with van der Waals surface area (Å²) in [6.07, 6.45) is 1.07. The molecule has 0 aliphatic heterocycles. The summed E-state index contributed by atoms with van der Waals surface area (Å²) >= 11 is 1.60. The molecule has 1 unspecified atom stereocenters. The Bertz CT molecular complexity index is 212. The Balaban J connectivity index is 3.38. The van der Waals surface area contributed by atoms with Crippen molar-refractivity contribution in [3.05, 3.63) is 0 Å². The third-order valence-corrected chi connectivity index (χ3v) is 2.85. The summed E-state index contributed by atoms with van der Waals surface area (Å²) in [5.74, 6) is 1.14. The molecule has 0 spiro atoms. The summed E-state index contributed by atoms with van der Waals surface area (Å²) in [6, 6.07) is -0.553. The summed E-state index contributed by atoms with van der Waals surface area (Å²) in [7, 11) is 2.93. The third-order valence-electron chi connectivity index (χ3n) is 1.83. The highest BCUT2D eigenvalue weighted by atomic mass is 32.2. The van der Waals surface area contributed by atoms with E-state index < -0.39 is 6.04 Å². The first kappa shape index (κ1) is 14.2. The number of nitrogens with two attached hydrogens (primary N) is 1. The number of carbonyl (C=O) groups excluding carboxylic acids is 2. The van der Waals surface area contributed by atoms with E-state index in [4.69, 9.17) is 5.73 Å². The molecule has 0 bridgehead atoms. The smallest absolute Gasteiger partial charge is 0.322 e. The molecule has 0 saturated carbocycles. The highest BCUT2D eigenvalue weighted by molar-refractivity contribution is 7.99. The van der Waals surface area contributed by atoms with Crippen molar-refractivity contribution in [1.82, 2.24) is 5.32 Å². The van der Waals surface area contributed by atoms with Gasteiger partial charge in [0.1, 0.15) is 6.04 Å². The molecule has 3 N–H and O–H groups in total. The van der Waals surface area contributed by atoms with Gasteiger partial charge in [-0.05, 0) is 12.2 Å². The van der Waals surface area contributed by atoms with Crippen LogP contribution < -0.4 is 11.1 Å². The quantitative estimate of drug-likeness (QED) is 0.469. The molecule has 5 nitrogen and oxygen atoms in total. The Morgan fingerprint density at radius 3 is 2.67 bits per heavy atom. The standard InChI is InChI=1S/C9H18N2O3S/c1-11-8(12)4-6-15-5-3-7(10)9(13)14-2/h7H,3-6,10H2,1-2H3,(H,11,12). The van der Waals surface area contributed by atoms with Gasteiger partial charge in [-0.15, -0.1) is 0 Å².